The summed E-state index contributed by atoms with van der Waals surface area (Å²) in [5.74, 6) is -0.335. The number of methoxy groups -OCH3 is 1. The molecule has 0 aliphatic rings. The lowest BCUT2D eigenvalue weighted by molar-refractivity contribution is 0.0512. The van der Waals surface area contributed by atoms with E-state index in [2.05, 4.69) is 9.72 Å². The van der Waals surface area contributed by atoms with Gasteiger partial charge in [-0.25, -0.2) is 9.78 Å². The lowest BCUT2D eigenvalue weighted by Gasteiger charge is -2.11. The first-order valence-electron chi connectivity index (χ1n) is 5.62. The van der Waals surface area contributed by atoms with Crippen molar-refractivity contribution in [1.82, 2.24) is 4.98 Å². The zero-order chi connectivity index (χ0) is 13.5. The quantitative estimate of drug-likeness (QED) is 0.607. The Morgan fingerprint density at radius 1 is 1.44 bits per heavy atom. The van der Waals surface area contributed by atoms with E-state index in [-0.39, 0.29) is 17.5 Å². The summed E-state index contributed by atoms with van der Waals surface area (Å²) in [5.41, 5.74) is 6.15. The van der Waals surface area contributed by atoms with Crippen molar-refractivity contribution in [2.24, 2.45) is 0 Å². The number of nitrogen functional groups attached to an aromatic ring is 1. The summed E-state index contributed by atoms with van der Waals surface area (Å²) in [6, 6.07) is 1.47. The van der Waals surface area contributed by atoms with Crippen molar-refractivity contribution in [3.8, 4) is 5.88 Å². The number of hydrogen-bond donors (Lipinski definition) is 1. The summed E-state index contributed by atoms with van der Waals surface area (Å²) in [7, 11) is 1.29. The van der Waals surface area contributed by atoms with E-state index in [0.29, 0.717) is 18.9 Å². The van der Waals surface area contributed by atoms with Gasteiger partial charge in [0, 0.05) is 0 Å². The van der Waals surface area contributed by atoms with Gasteiger partial charge in [0.15, 0.2) is 0 Å². The van der Waals surface area contributed by atoms with Gasteiger partial charge >= 0.3 is 5.97 Å². The van der Waals surface area contributed by atoms with Crippen LogP contribution in [-0.4, -0.2) is 37.4 Å². The second-order valence-electron chi connectivity index (χ2n) is 3.88. The average molecular weight is 254 g/mol. The molecule has 0 saturated carbocycles. The number of carbonyl (C=O) groups excluding carboxylic acids is 1. The summed E-state index contributed by atoms with van der Waals surface area (Å²) in [6.07, 6.45) is 1.55. The van der Waals surface area contributed by atoms with Crippen LogP contribution in [0, 0.1) is 0 Å². The maximum atomic E-state index is 11.5. The third-order valence-corrected chi connectivity index (χ3v) is 2.05. The van der Waals surface area contributed by atoms with Gasteiger partial charge < -0.3 is 19.9 Å². The zero-order valence-electron chi connectivity index (χ0n) is 10.8. The second-order valence-corrected chi connectivity index (χ2v) is 3.88. The molecular formula is C12H18N2O4. The Hall–Kier alpha value is -1.82. The molecule has 2 N–H and O–H groups in total. The normalized spacial score (nSPS) is 10.4. The highest BCUT2D eigenvalue weighted by atomic mass is 16.5. The molecule has 1 aromatic heterocycles. The smallest absolute Gasteiger partial charge is 0.343 e. The third kappa shape index (κ3) is 4.21. The van der Waals surface area contributed by atoms with E-state index in [4.69, 9.17) is 15.2 Å². The van der Waals surface area contributed by atoms with E-state index in [0.717, 1.165) is 0 Å². The highest BCUT2D eigenvalue weighted by Crippen LogP contribution is 2.18. The molecule has 0 saturated heterocycles. The van der Waals surface area contributed by atoms with Crippen LogP contribution in [0.2, 0.25) is 0 Å². The number of rotatable bonds is 6. The van der Waals surface area contributed by atoms with Crippen LogP contribution in [-0.2, 0) is 9.47 Å². The molecule has 6 heteroatoms. The highest BCUT2D eigenvalue weighted by molar-refractivity contribution is 5.92. The average Bonchev–Trinajstić information content (AvgIpc) is 2.34. The van der Waals surface area contributed by atoms with Crippen LogP contribution in [0.5, 0.6) is 5.88 Å². The first kappa shape index (κ1) is 14.2. The molecule has 0 unspecified atom stereocenters. The standard InChI is InChI=1S/C12H18N2O4/c1-8(2)17-4-5-18-11-10(12(15)16-3)6-9(13)7-14-11/h6-8H,4-5,13H2,1-3H3. The monoisotopic (exact) mass is 254 g/mol. The molecule has 0 aliphatic carbocycles. The van der Waals surface area contributed by atoms with Crippen molar-refractivity contribution in [3.63, 3.8) is 0 Å². The minimum Gasteiger partial charge on any atom is -0.475 e. The summed E-state index contributed by atoms with van der Waals surface area (Å²) in [4.78, 5) is 15.5. The fourth-order valence-corrected chi connectivity index (χ4v) is 1.26. The molecule has 0 aromatic carbocycles. The number of ether oxygens (including phenoxy) is 3. The van der Waals surface area contributed by atoms with Gasteiger partial charge in [0.25, 0.3) is 0 Å². The zero-order valence-corrected chi connectivity index (χ0v) is 10.8. The fourth-order valence-electron chi connectivity index (χ4n) is 1.26. The molecule has 0 fully saturated rings. The number of pyridine rings is 1. The lowest BCUT2D eigenvalue weighted by atomic mass is 10.2. The minimum atomic E-state index is -0.533. The lowest BCUT2D eigenvalue weighted by Crippen LogP contribution is -2.14. The van der Waals surface area contributed by atoms with Gasteiger partial charge in [0.1, 0.15) is 12.2 Å². The largest absolute Gasteiger partial charge is 0.475 e. The van der Waals surface area contributed by atoms with Gasteiger partial charge in [-0.1, -0.05) is 0 Å². The number of hydrogen-bond acceptors (Lipinski definition) is 6. The molecule has 1 aromatic rings. The van der Waals surface area contributed by atoms with Gasteiger partial charge in [-0.3, -0.25) is 0 Å². The fraction of sp³-hybridized carbons (Fsp3) is 0.500. The van der Waals surface area contributed by atoms with E-state index in [1.165, 1.54) is 19.4 Å². The van der Waals surface area contributed by atoms with E-state index in [1.54, 1.807) is 0 Å². The van der Waals surface area contributed by atoms with Crippen LogP contribution in [0.3, 0.4) is 0 Å². The van der Waals surface area contributed by atoms with Crippen LogP contribution < -0.4 is 10.5 Å². The van der Waals surface area contributed by atoms with E-state index < -0.39 is 5.97 Å². The summed E-state index contributed by atoms with van der Waals surface area (Å²) < 4.78 is 15.3. The van der Waals surface area contributed by atoms with Crippen LogP contribution in [0.1, 0.15) is 24.2 Å². The van der Waals surface area contributed by atoms with Gasteiger partial charge in [-0.15, -0.1) is 0 Å². The number of nitrogens with two attached hydrogens (primary N) is 1. The first-order valence-corrected chi connectivity index (χ1v) is 5.62. The van der Waals surface area contributed by atoms with Crippen molar-refractivity contribution >= 4 is 11.7 Å². The Bertz CT molecular complexity index is 407. The van der Waals surface area contributed by atoms with Crippen molar-refractivity contribution in [2.75, 3.05) is 26.1 Å². The van der Waals surface area contributed by atoms with E-state index >= 15 is 0 Å². The molecule has 0 spiro atoms. The predicted octanol–water partition coefficient (Wildman–Crippen LogP) is 1.25. The Labute approximate surface area is 106 Å². The van der Waals surface area contributed by atoms with Gasteiger partial charge in [0.2, 0.25) is 5.88 Å². The van der Waals surface area contributed by atoms with E-state index in [1.807, 2.05) is 13.8 Å². The molecule has 100 valence electrons. The molecule has 0 amide bonds. The highest BCUT2D eigenvalue weighted by Gasteiger charge is 2.15. The Morgan fingerprint density at radius 3 is 2.78 bits per heavy atom. The van der Waals surface area contributed by atoms with E-state index in [9.17, 15) is 4.79 Å². The third-order valence-electron chi connectivity index (χ3n) is 2.05. The van der Waals surface area contributed by atoms with Crippen molar-refractivity contribution in [3.05, 3.63) is 17.8 Å². The molecule has 1 rings (SSSR count). The minimum absolute atomic E-state index is 0.132. The van der Waals surface area contributed by atoms with Crippen LogP contribution >= 0.6 is 0 Å². The number of aromatic nitrogens is 1. The number of esters is 1. The van der Waals surface area contributed by atoms with Gasteiger partial charge in [-0.05, 0) is 19.9 Å². The number of carbonyl (C=O) groups is 1. The Morgan fingerprint density at radius 2 is 2.17 bits per heavy atom. The van der Waals surface area contributed by atoms with Crippen LogP contribution in [0.4, 0.5) is 5.69 Å². The molecule has 0 aliphatic heterocycles. The van der Waals surface area contributed by atoms with Crippen LogP contribution in [0.15, 0.2) is 12.3 Å². The predicted molar refractivity (Wildman–Crippen MR) is 66.6 cm³/mol. The maximum absolute atomic E-state index is 11.5. The number of nitrogens with zero attached hydrogens (tertiary/aromatic N) is 1. The summed E-state index contributed by atoms with van der Waals surface area (Å²) in [6.45, 7) is 4.59. The van der Waals surface area contributed by atoms with Crippen molar-refractivity contribution < 1.29 is 19.0 Å². The Kier molecular flexibility index (Phi) is 5.38. The molecule has 18 heavy (non-hydrogen) atoms. The second kappa shape index (κ2) is 6.80. The summed E-state index contributed by atoms with van der Waals surface area (Å²) >= 11 is 0. The molecule has 0 bridgehead atoms. The topological polar surface area (TPSA) is 83.7 Å². The molecule has 0 radical (unpaired) electrons. The van der Waals surface area contributed by atoms with Gasteiger partial charge in [-0.2, -0.15) is 0 Å². The molecule has 6 nitrogen and oxygen atoms in total. The van der Waals surface area contributed by atoms with Crippen molar-refractivity contribution in [2.45, 2.75) is 20.0 Å². The van der Waals surface area contributed by atoms with Crippen molar-refractivity contribution in [1.29, 1.82) is 0 Å². The molecular weight excluding hydrogens is 236 g/mol. The van der Waals surface area contributed by atoms with Gasteiger partial charge in [0.05, 0.1) is 31.7 Å². The molecule has 0 atom stereocenters. The maximum Gasteiger partial charge on any atom is 0.343 e. The Balaban J connectivity index is 2.66. The summed E-state index contributed by atoms with van der Waals surface area (Å²) in [5, 5.41) is 0. The van der Waals surface area contributed by atoms with Crippen LogP contribution in [0.25, 0.3) is 0 Å². The first-order chi connectivity index (χ1) is 8.54. The SMILES string of the molecule is COC(=O)c1cc(N)cnc1OCCOC(C)C. The molecule has 1 heterocycles. The number of anilines is 1.